The molecule has 13 heteroatoms. The van der Waals surface area contributed by atoms with Gasteiger partial charge in [0.15, 0.2) is 11.8 Å². The fraction of sp³-hybridized carbons (Fsp3) is 0.692. The van der Waals surface area contributed by atoms with Gasteiger partial charge in [0.2, 0.25) is 0 Å². The number of rotatable bonds is 4. The van der Waals surface area contributed by atoms with Crippen LogP contribution in [0.2, 0.25) is 0 Å². The molecule has 5 atom stereocenters. The van der Waals surface area contributed by atoms with Gasteiger partial charge in [0.25, 0.3) is 12.0 Å². The Kier molecular flexibility index (Phi) is 4.93. The van der Waals surface area contributed by atoms with Gasteiger partial charge in [0.05, 0.1) is 12.7 Å². The zero-order valence-electron chi connectivity index (χ0n) is 13.7. The maximum absolute atomic E-state index is 13.7. The van der Waals surface area contributed by atoms with Crippen molar-refractivity contribution in [3.8, 4) is 0 Å². The number of ether oxygens (including phenoxy) is 1. The van der Waals surface area contributed by atoms with Gasteiger partial charge in [-0.15, -0.1) is 0 Å². The Morgan fingerprint density at radius 2 is 2.15 bits per heavy atom. The van der Waals surface area contributed by atoms with E-state index in [0.717, 1.165) is 16.8 Å². The highest BCUT2D eigenvalue weighted by atomic mass is 31.2. The summed E-state index contributed by atoms with van der Waals surface area (Å²) in [6.45, 7) is 2.18. The summed E-state index contributed by atoms with van der Waals surface area (Å²) in [7, 11) is -4.22. The standard InChI is InChI=1S/C13H17F2N2O8P/c1-6(2)24-26(21)22-5-13(11(14)15)9(25-26)8(19)10(23-13)17-4-3-7(18)16-12(17)20/h3-4,6,8-11,19H,5H2,1-2H3,(H,16,18,20)/t8-,9-,10-,13-,26?/m1/s1. The van der Waals surface area contributed by atoms with Crippen LogP contribution in [0.1, 0.15) is 20.1 Å². The second-order valence-electron chi connectivity index (χ2n) is 6.17. The number of halogens is 2. The third-order valence-electron chi connectivity index (χ3n) is 3.95. The van der Waals surface area contributed by atoms with Crippen LogP contribution in [0.5, 0.6) is 0 Å². The lowest BCUT2D eigenvalue weighted by Gasteiger charge is -2.39. The van der Waals surface area contributed by atoms with Crippen molar-refractivity contribution in [1.29, 1.82) is 0 Å². The maximum atomic E-state index is 13.7. The summed E-state index contributed by atoms with van der Waals surface area (Å²) in [5.74, 6) is 0. The monoisotopic (exact) mass is 398 g/mol. The highest BCUT2D eigenvalue weighted by molar-refractivity contribution is 7.48. The first-order valence-electron chi connectivity index (χ1n) is 7.65. The van der Waals surface area contributed by atoms with Gasteiger partial charge in [-0.2, -0.15) is 0 Å². The Morgan fingerprint density at radius 3 is 2.73 bits per heavy atom. The van der Waals surface area contributed by atoms with Crippen molar-refractivity contribution in [1.82, 2.24) is 9.55 Å². The molecule has 0 spiro atoms. The van der Waals surface area contributed by atoms with Crippen molar-refractivity contribution in [2.24, 2.45) is 0 Å². The second kappa shape index (κ2) is 6.63. The average Bonchev–Trinajstić information content (AvgIpc) is 2.80. The van der Waals surface area contributed by atoms with E-state index in [0.29, 0.717) is 0 Å². The van der Waals surface area contributed by atoms with E-state index in [4.69, 9.17) is 18.3 Å². The molecule has 0 aliphatic carbocycles. The molecule has 10 nitrogen and oxygen atoms in total. The summed E-state index contributed by atoms with van der Waals surface area (Å²) < 4.78 is 60.9. The molecular weight excluding hydrogens is 381 g/mol. The van der Waals surface area contributed by atoms with Crippen LogP contribution in [0.4, 0.5) is 8.78 Å². The Labute approximate surface area is 145 Å². The normalized spacial score (nSPS) is 37.3. The van der Waals surface area contributed by atoms with Gasteiger partial charge < -0.3 is 9.84 Å². The lowest BCUT2D eigenvalue weighted by molar-refractivity contribution is -0.208. The number of phosphoric ester groups is 1. The minimum Gasteiger partial charge on any atom is -0.386 e. The van der Waals surface area contributed by atoms with E-state index in [1.165, 1.54) is 13.8 Å². The number of aliphatic hydroxyl groups is 1. The van der Waals surface area contributed by atoms with Gasteiger partial charge in [-0.3, -0.25) is 27.9 Å². The van der Waals surface area contributed by atoms with Crippen molar-refractivity contribution < 1.29 is 36.8 Å². The molecular formula is C13H17F2N2O8P. The minimum atomic E-state index is -4.22. The quantitative estimate of drug-likeness (QED) is 0.697. The largest absolute Gasteiger partial charge is 0.475 e. The Bertz CT molecular complexity index is 842. The molecule has 26 heavy (non-hydrogen) atoms. The third-order valence-corrected chi connectivity index (χ3v) is 5.56. The van der Waals surface area contributed by atoms with Crippen molar-refractivity contribution in [2.45, 2.75) is 50.4 Å². The number of H-pyrrole nitrogens is 1. The smallest absolute Gasteiger partial charge is 0.386 e. The lowest BCUT2D eigenvalue weighted by Crippen LogP contribution is -2.56. The first kappa shape index (κ1) is 19.3. The van der Waals surface area contributed by atoms with Gasteiger partial charge >= 0.3 is 13.5 Å². The van der Waals surface area contributed by atoms with E-state index in [9.17, 15) is 28.0 Å². The molecule has 3 heterocycles. The Hall–Kier alpha value is -1.43. The van der Waals surface area contributed by atoms with Crippen molar-refractivity contribution in [2.75, 3.05) is 6.61 Å². The predicted molar refractivity (Wildman–Crippen MR) is 80.8 cm³/mol. The summed E-state index contributed by atoms with van der Waals surface area (Å²) in [6, 6.07) is 0.957. The zero-order valence-corrected chi connectivity index (χ0v) is 14.6. The molecule has 0 aromatic carbocycles. The number of phosphoric acid groups is 1. The third kappa shape index (κ3) is 3.17. The van der Waals surface area contributed by atoms with Crippen LogP contribution in [-0.2, 0) is 22.9 Å². The summed E-state index contributed by atoms with van der Waals surface area (Å²) in [5.41, 5.74) is -4.16. The van der Waals surface area contributed by atoms with Crippen LogP contribution in [-0.4, -0.2) is 51.6 Å². The highest BCUT2D eigenvalue weighted by Crippen LogP contribution is 2.61. The van der Waals surface area contributed by atoms with Crippen LogP contribution >= 0.6 is 7.82 Å². The van der Waals surface area contributed by atoms with E-state index in [1.54, 1.807) is 0 Å². The first-order valence-corrected chi connectivity index (χ1v) is 9.11. The van der Waals surface area contributed by atoms with Gasteiger partial charge in [0.1, 0.15) is 12.2 Å². The molecule has 3 rings (SSSR count). The fourth-order valence-electron chi connectivity index (χ4n) is 2.82. The summed E-state index contributed by atoms with van der Waals surface area (Å²) >= 11 is 0. The average molecular weight is 398 g/mol. The predicted octanol–water partition coefficient (Wildman–Crippen LogP) is 0.379. The minimum absolute atomic E-state index is 0.600. The maximum Gasteiger partial charge on any atom is 0.475 e. The lowest BCUT2D eigenvalue weighted by atomic mass is 9.96. The Morgan fingerprint density at radius 1 is 1.46 bits per heavy atom. The molecule has 0 radical (unpaired) electrons. The number of nitrogens with one attached hydrogen (secondary N) is 1. The second-order valence-corrected chi connectivity index (χ2v) is 7.75. The van der Waals surface area contributed by atoms with Gasteiger partial charge in [-0.1, -0.05) is 0 Å². The van der Waals surface area contributed by atoms with Gasteiger partial charge in [-0.05, 0) is 13.8 Å². The van der Waals surface area contributed by atoms with Crippen molar-refractivity contribution >= 4 is 7.82 Å². The Balaban J connectivity index is 1.99. The number of alkyl halides is 2. The van der Waals surface area contributed by atoms with Crippen LogP contribution in [0.25, 0.3) is 0 Å². The molecule has 2 fully saturated rings. The van der Waals surface area contributed by atoms with E-state index in [-0.39, 0.29) is 0 Å². The molecule has 0 bridgehead atoms. The number of nitrogens with zero attached hydrogens (tertiary/aromatic N) is 1. The topological polar surface area (TPSA) is 129 Å². The molecule has 1 unspecified atom stereocenters. The molecule has 0 saturated carbocycles. The molecule has 0 amide bonds. The number of hydrogen-bond donors (Lipinski definition) is 2. The number of aliphatic hydroxyl groups excluding tert-OH is 1. The SMILES string of the molecule is CC(C)OP1(=O)OC[C@@]2(C(F)F)O[C@@H](n3ccc(=O)[nH]c3=O)[C@H](O)[C@H]2O1. The van der Waals surface area contributed by atoms with Crippen LogP contribution in [0.3, 0.4) is 0 Å². The van der Waals surface area contributed by atoms with E-state index < -0.39 is 62.2 Å². The number of aromatic nitrogens is 2. The molecule has 146 valence electrons. The van der Waals surface area contributed by atoms with E-state index in [2.05, 4.69) is 0 Å². The van der Waals surface area contributed by atoms with Crippen LogP contribution in [0.15, 0.2) is 21.9 Å². The summed E-state index contributed by atoms with van der Waals surface area (Å²) in [4.78, 5) is 25.0. The molecule has 2 N–H and O–H groups in total. The van der Waals surface area contributed by atoms with Crippen LogP contribution < -0.4 is 11.2 Å². The molecule has 1 aromatic heterocycles. The summed E-state index contributed by atoms with van der Waals surface area (Å²) in [5, 5.41) is 10.4. The number of hydrogen-bond acceptors (Lipinski definition) is 8. The van der Waals surface area contributed by atoms with Crippen LogP contribution in [0, 0.1) is 0 Å². The number of fused-ring (bicyclic) bond motifs is 1. The van der Waals surface area contributed by atoms with Crippen molar-refractivity contribution in [3.05, 3.63) is 33.1 Å². The fourth-order valence-corrected chi connectivity index (χ4v) is 4.45. The zero-order chi connectivity index (χ0) is 19.3. The van der Waals surface area contributed by atoms with E-state index in [1.807, 2.05) is 4.98 Å². The first-order chi connectivity index (χ1) is 12.1. The number of aromatic amines is 1. The van der Waals surface area contributed by atoms with Gasteiger partial charge in [-0.25, -0.2) is 18.1 Å². The molecule has 2 aliphatic heterocycles. The highest BCUT2D eigenvalue weighted by Gasteiger charge is 2.67. The van der Waals surface area contributed by atoms with Gasteiger partial charge in [0, 0.05) is 12.3 Å². The molecule has 2 saturated heterocycles. The molecule has 1 aromatic rings. The molecule has 2 aliphatic rings. The summed E-state index contributed by atoms with van der Waals surface area (Å²) in [6.07, 6.45) is -8.02. The van der Waals surface area contributed by atoms with Crippen molar-refractivity contribution in [3.63, 3.8) is 0 Å². The van der Waals surface area contributed by atoms with E-state index >= 15 is 0 Å².